The molecule has 0 spiro atoms. The molecular weight excluding hydrogens is 194 g/mol. The van der Waals surface area contributed by atoms with Gasteiger partial charge >= 0.3 is 5.97 Å². The minimum absolute atomic E-state index is 0.00770. The number of hydrogen-bond acceptors (Lipinski definition) is 3. The summed E-state index contributed by atoms with van der Waals surface area (Å²) in [6.45, 7) is 2.51. The van der Waals surface area contributed by atoms with Gasteiger partial charge in [-0.2, -0.15) is 0 Å². The molecule has 4 heteroatoms. The van der Waals surface area contributed by atoms with Crippen LogP contribution in [-0.2, 0) is 4.79 Å². The van der Waals surface area contributed by atoms with Gasteiger partial charge in [-0.15, -0.1) is 0 Å². The molecule has 0 bridgehead atoms. The molecule has 0 aromatic carbocycles. The summed E-state index contributed by atoms with van der Waals surface area (Å²) in [4.78, 5) is 11.2. The number of carbonyl (C=O) groups is 1. The number of aliphatic carboxylic acids is 1. The third-order valence-electron chi connectivity index (χ3n) is 3.52. The van der Waals surface area contributed by atoms with Gasteiger partial charge in [-0.1, -0.05) is 13.3 Å². The van der Waals surface area contributed by atoms with Gasteiger partial charge in [0.1, 0.15) is 5.54 Å². The molecule has 0 amide bonds. The van der Waals surface area contributed by atoms with Gasteiger partial charge in [-0.25, -0.2) is 0 Å². The quantitative estimate of drug-likeness (QED) is 0.639. The van der Waals surface area contributed by atoms with Crippen molar-refractivity contribution < 1.29 is 15.0 Å². The number of β-amino-alcohol motifs (C(OH)–C–C–N with tert-alkyl or cyclic N) is 1. The van der Waals surface area contributed by atoms with Crippen molar-refractivity contribution in [1.29, 1.82) is 0 Å². The summed E-state index contributed by atoms with van der Waals surface area (Å²) in [5, 5.41) is 20.9. The number of aliphatic hydroxyl groups is 1. The first-order chi connectivity index (χ1) is 7.14. The second-order valence-electron chi connectivity index (χ2n) is 4.39. The summed E-state index contributed by atoms with van der Waals surface area (Å²) in [6, 6.07) is 0. The molecule has 0 aromatic heterocycles. The van der Waals surface area contributed by atoms with E-state index in [1.165, 1.54) is 0 Å². The summed E-state index contributed by atoms with van der Waals surface area (Å²) in [7, 11) is 0. The zero-order valence-electron chi connectivity index (χ0n) is 9.33. The molecule has 1 rings (SSSR count). The van der Waals surface area contributed by atoms with Gasteiger partial charge in [-0.05, 0) is 31.6 Å². The molecule has 1 aliphatic rings. The van der Waals surface area contributed by atoms with Crippen LogP contribution in [0.3, 0.4) is 0 Å². The summed E-state index contributed by atoms with van der Waals surface area (Å²) >= 11 is 0. The average Bonchev–Trinajstić information content (AvgIpc) is 2.27. The van der Waals surface area contributed by atoms with Crippen molar-refractivity contribution in [3.63, 3.8) is 0 Å². The van der Waals surface area contributed by atoms with Gasteiger partial charge in [0.15, 0.2) is 0 Å². The van der Waals surface area contributed by atoms with Crippen LogP contribution in [0.15, 0.2) is 0 Å². The number of aliphatic hydroxyl groups excluding tert-OH is 1. The van der Waals surface area contributed by atoms with Crippen molar-refractivity contribution in [2.75, 3.05) is 13.2 Å². The van der Waals surface area contributed by atoms with Crippen LogP contribution in [0.1, 0.15) is 39.0 Å². The van der Waals surface area contributed by atoms with Crippen molar-refractivity contribution >= 4 is 5.97 Å². The van der Waals surface area contributed by atoms with Crippen molar-refractivity contribution in [3.8, 4) is 0 Å². The van der Waals surface area contributed by atoms with E-state index >= 15 is 0 Å². The van der Waals surface area contributed by atoms with E-state index in [9.17, 15) is 9.90 Å². The van der Waals surface area contributed by atoms with Crippen molar-refractivity contribution in [3.05, 3.63) is 0 Å². The number of nitrogens with one attached hydrogen (secondary N) is 1. The van der Waals surface area contributed by atoms with Gasteiger partial charge in [-0.3, -0.25) is 10.1 Å². The Morgan fingerprint density at radius 1 is 1.47 bits per heavy atom. The number of carboxylic acid groups (broad SMARTS) is 1. The molecule has 0 unspecified atom stereocenters. The molecule has 0 saturated heterocycles. The zero-order valence-corrected chi connectivity index (χ0v) is 9.33. The number of hydrogen-bond donors (Lipinski definition) is 3. The Hall–Kier alpha value is -0.610. The Balaban J connectivity index is 2.56. The molecule has 1 fully saturated rings. The second kappa shape index (κ2) is 5.47. The van der Waals surface area contributed by atoms with E-state index in [0.717, 1.165) is 19.3 Å². The smallest absolute Gasteiger partial charge is 0.323 e. The maximum atomic E-state index is 11.2. The average molecular weight is 215 g/mol. The fourth-order valence-corrected chi connectivity index (χ4v) is 2.34. The highest BCUT2D eigenvalue weighted by atomic mass is 16.4. The molecular formula is C11H21NO3. The van der Waals surface area contributed by atoms with Crippen LogP contribution < -0.4 is 5.32 Å². The normalized spacial score (nSPS) is 31.5. The molecule has 0 radical (unpaired) electrons. The molecule has 1 aliphatic carbocycles. The number of rotatable bonds is 5. The summed E-state index contributed by atoms with van der Waals surface area (Å²) < 4.78 is 0. The SMILES string of the molecule is CCC1CCC(NCCO)(C(=O)O)CC1. The van der Waals surface area contributed by atoms with E-state index in [0.29, 0.717) is 25.3 Å². The molecule has 15 heavy (non-hydrogen) atoms. The van der Waals surface area contributed by atoms with E-state index in [-0.39, 0.29) is 6.61 Å². The lowest BCUT2D eigenvalue weighted by Gasteiger charge is -2.37. The van der Waals surface area contributed by atoms with E-state index < -0.39 is 11.5 Å². The second-order valence-corrected chi connectivity index (χ2v) is 4.39. The lowest BCUT2D eigenvalue weighted by molar-refractivity contribution is -0.147. The fraction of sp³-hybridized carbons (Fsp3) is 0.909. The van der Waals surface area contributed by atoms with Crippen LogP contribution in [0.25, 0.3) is 0 Å². The van der Waals surface area contributed by atoms with Gasteiger partial charge in [0, 0.05) is 6.54 Å². The Morgan fingerprint density at radius 2 is 2.07 bits per heavy atom. The van der Waals surface area contributed by atoms with Gasteiger partial charge in [0.2, 0.25) is 0 Å². The van der Waals surface area contributed by atoms with Crippen molar-refractivity contribution in [1.82, 2.24) is 5.32 Å². The predicted octanol–water partition coefficient (Wildman–Crippen LogP) is 0.992. The van der Waals surface area contributed by atoms with Gasteiger partial charge in [0.05, 0.1) is 6.61 Å². The van der Waals surface area contributed by atoms with Crippen LogP contribution in [0.4, 0.5) is 0 Å². The monoisotopic (exact) mass is 215 g/mol. The van der Waals surface area contributed by atoms with Gasteiger partial charge in [0.25, 0.3) is 0 Å². The third kappa shape index (κ3) is 2.92. The first-order valence-corrected chi connectivity index (χ1v) is 5.74. The van der Waals surface area contributed by atoms with Crippen LogP contribution in [0.5, 0.6) is 0 Å². The number of carboxylic acids is 1. The summed E-state index contributed by atoms with van der Waals surface area (Å²) in [5.74, 6) is -0.0982. The Morgan fingerprint density at radius 3 is 2.47 bits per heavy atom. The maximum absolute atomic E-state index is 11.2. The Labute approximate surface area is 90.7 Å². The topological polar surface area (TPSA) is 69.6 Å². The minimum Gasteiger partial charge on any atom is -0.480 e. The van der Waals surface area contributed by atoms with E-state index in [1.807, 2.05) is 0 Å². The highest BCUT2D eigenvalue weighted by molar-refractivity contribution is 5.78. The predicted molar refractivity (Wildman–Crippen MR) is 57.7 cm³/mol. The van der Waals surface area contributed by atoms with Gasteiger partial charge < -0.3 is 10.2 Å². The zero-order chi connectivity index (χ0) is 11.3. The molecule has 0 aliphatic heterocycles. The van der Waals surface area contributed by atoms with E-state index in [1.54, 1.807) is 0 Å². The third-order valence-corrected chi connectivity index (χ3v) is 3.52. The minimum atomic E-state index is -0.783. The Bertz CT molecular complexity index is 210. The lowest BCUT2D eigenvalue weighted by atomic mass is 9.75. The first-order valence-electron chi connectivity index (χ1n) is 5.74. The molecule has 4 nitrogen and oxygen atoms in total. The van der Waals surface area contributed by atoms with Crippen molar-refractivity contribution in [2.45, 2.75) is 44.6 Å². The van der Waals surface area contributed by atoms with Crippen LogP contribution in [0.2, 0.25) is 0 Å². The molecule has 3 N–H and O–H groups in total. The van der Waals surface area contributed by atoms with E-state index in [2.05, 4.69) is 12.2 Å². The van der Waals surface area contributed by atoms with E-state index in [4.69, 9.17) is 5.11 Å². The largest absolute Gasteiger partial charge is 0.480 e. The van der Waals surface area contributed by atoms with Crippen molar-refractivity contribution in [2.24, 2.45) is 5.92 Å². The highest BCUT2D eigenvalue weighted by Crippen LogP contribution is 2.33. The van der Waals surface area contributed by atoms with Crippen LogP contribution >= 0.6 is 0 Å². The standard InChI is InChI=1S/C11H21NO3/c1-2-9-3-5-11(6-4-9,10(14)15)12-7-8-13/h9,12-13H,2-8H2,1H3,(H,14,15). The van der Waals surface area contributed by atoms with Crippen LogP contribution in [-0.4, -0.2) is 34.9 Å². The maximum Gasteiger partial charge on any atom is 0.323 e. The molecule has 1 saturated carbocycles. The molecule has 0 atom stereocenters. The fourth-order valence-electron chi connectivity index (χ4n) is 2.34. The van der Waals surface area contributed by atoms with Crippen LogP contribution in [0, 0.1) is 5.92 Å². The molecule has 88 valence electrons. The lowest BCUT2D eigenvalue weighted by Crippen LogP contribution is -2.54. The summed E-state index contributed by atoms with van der Waals surface area (Å²) in [5.41, 5.74) is -0.783. The molecule has 0 heterocycles. The summed E-state index contributed by atoms with van der Waals surface area (Å²) in [6.07, 6.45) is 4.44. The molecule has 0 aromatic rings. The highest BCUT2D eigenvalue weighted by Gasteiger charge is 2.40. The Kier molecular flexibility index (Phi) is 4.54. The first kappa shape index (κ1) is 12.5.